The van der Waals surface area contributed by atoms with Crippen molar-refractivity contribution in [3.05, 3.63) is 74.1 Å². The summed E-state index contributed by atoms with van der Waals surface area (Å²) in [4.78, 5) is 12.2. The van der Waals surface area contributed by atoms with Gasteiger partial charge in [-0.2, -0.15) is 5.10 Å². The van der Waals surface area contributed by atoms with Gasteiger partial charge in [0.15, 0.2) is 0 Å². The van der Waals surface area contributed by atoms with Gasteiger partial charge in [-0.3, -0.25) is 4.79 Å². The fourth-order valence-corrected chi connectivity index (χ4v) is 2.66. The van der Waals surface area contributed by atoms with E-state index in [1.54, 1.807) is 19.2 Å². The number of hydrogen-bond donors (Lipinski definition) is 0. The van der Waals surface area contributed by atoms with E-state index in [9.17, 15) is 4.79 Å². The number of benzene rings is 2. The molecule has 0 aliphatic heterocycles. The van der Waals surface area contributed by atoms with Crippen molar-refractivity contribution < 1.29 is 0 Å². The molecule has 3 rings (SSSR count). The first-order valence-corrected chi connectivity index (χ1v) is 7.20. The summed E-state index contributed by atoms with van der Waals surface area (Å²) < 4.78 is 1.34. The van der Waals surface area contributed by atoms with E-state index in [-0.39, 0.29) is 5.56 Å². The average Bonchev–Trinajstić information content (AvgIpc) is 2.48. The van der Waals surface area contributed by atoms with E-state index in [1.807, 2.05) is 30.3 Å². The van der Waals surface area contributed by atoms with Crippen LogP contribution >= 0.6 is 23.2 Å². The minimum atomic E-state index is -0.180. The Morgan fingerprint density at radius 1 is 1.05 bits per heavy atom. The van der Waals surface area contributed by atoms with Crippen molar-refractivity contribution >= 4 is 34.0 Å². The number of hydrogen-bond acceptors (Lipinski definition) is 2. The average molecular weight is 319 g/mol. The molecule has 0 atom stereocenters. The van der Waals surface area contributed by atoms with Gasteiger partial charge in [0, 0.05) is 18.9 Å². The maximum Gasteiger partial charge on any atom is 0.274 e. The number of nitrogens with zero attached hydrogens (tertiary/aromatic N) is 2. The normalized spacial score (nSPS) is 11.0. The fraction of sp³-hybridized carbons (Fsp3) is 0.125. The number of fused-ring (bicyclic) bond motifs is 1. The number of aryl methyl sites for hydroxylation is 1. The summed E-state index contributed by atoms with van der Waals surface area (Å²) in [5.74, 6) is 0. The first-order valence-electron chi connectivity index (χ1n) is 6.45. The zero-order valence-electron chi connectivity index (χ0n) is 11.3. The van der Waals surface area contributed by atoms with Gasteiger partial charge < -0.3 is 0 Å². The predicted molar refractivity (Wildman–Crippen MR) is 86.3 cm³/mol. The topological polar surface area (TPSA) is 34.9 Å². The smallest absolute Gasteiger partial charge is 0.267 e. The van der Waals surface area contributed by atoms with E-state index in [4.69, 9.17) is 23.2 Å². The number of rotatable bonds is 2. The van der Waals surface area contributed by atoms with Crippen molar-refractivity contribution in [1.29, 1.82) is 0 Å². The molecule has 0 aliphatic carbocycles. The van der Waals surface area contributed by atoms with Crippen LogP contribution in [-0.2, 0) is 13.5 Å². The van der Waals surface area contributed by atoms with Crippen LogP contribution in [0.3, 0.4) is 0 Å². The quantitative estimate of drug-likeness (QED) is 0.719. The lowest BCUT2D eigenvalue weighted by Crippen LogP contribution is -2.21. The van der Waals surface area contributed by atoms with Crippen LogP contribution in [0, 0.1) is 0 Å². The Balaban J connectivity index is 2.25. The first-order chi connectivity index (χ1) is 10.1. The SMILES string of the molecule is Cn1nc(Cc2ccccc2)c2cc(Cl)c(Cl)cc2c1=O. The summed E-state index contributed by atoms with van der Waals surface area (Å²) in [5.41, 5.74) is 1.74. The van der Waals surface area contributed by atoms with Crippen LogP contribution in [0.15, 0.2) is 47.3 Å². The molecule has 0 radical (unpaired) electrons. The van der Waals surface area contributed by atoms with E-state index < -0.39 is 0 Å². The Morgan fingerprint density at radius 2 is 1.67 bits per heavy atom. The third kappa shape index (κ3) is 2.67. The van der Waals surface area contributed by atoms with E-state index in [0.717, 1.165) is 16.6 Å². The van der Waals surface area contributed by atoms with E-state index in [2.05, 4.69) is 5.10 Å². The molecule has 0 saturated carbocycles. The summed E-state index contributed by atoms with van der Waals surface area (Å²) in [6.45, 7) is 0. The number of halogens is 2. The van der Waals surface area contributed by atoms with Crippen LogP contribution in [0.25, 0.3) is 10.8 Å². The Labute approximate surface area is 131 Å². The second kappa shape index (κ2) is 5.51. The van der Waals surface area contributed by atoms with Gasteiger partial charge in [-0.1, -0.05) is 53.5 Å². The van der Waals surface area contributed by atoms with Gasteiger partial charge in [-0.15, -0.1) is 0 Å². The fourth-order valence-electron chi connectivity index (χ4n) is 2.34. The maximum absolute atomic E-state index is 12.2. The Bertz CT molecular complexity index is 873. The Kier molecular flexibility index (Phi) is 3.70. The highest BCUT2D eigenvalue weighted by Gasteiger charge is 2.12. The molecule has 3 nitrogen and oxygen atoms in total. The van der Waals surface area contributed by atoms with Gasteiger partial charge >= 0.3 is 0 Å². The lowest BCUT2D eigenvalue weighted by Gasteiger charge is -2.09. The van der Waals surface area contributed by atoms with Crippen LogP contribution in [0.5, 0.6) is 0 Å². The molecule has 1 aromatic heterocycles. The zero-order valence-corrected chi connectivity index (χ0v) is 12.8. The van der Waals surface area contributed by atoms with Gasteiger partial charge in [0.05, 0.1) is 21.1 Å². The molecule has 1 heterocycles. The highest BCUT2D eigenvalue weighted by Crippen LogP contribution is 2.28. The molecule has 0 spiro atoms. The van der Waals surface area contributed by atoms with Crippen LogP contribution < -0.4 is 5.56 Å². The predicted octanol–water partition coefficient (Wildman–Crippen LogP) is 3.83. The molecular formula is C16H12Cl2N2O. The third-order valence-corrected chi connectivity index (χ3v) is 4.10. The molecule has 2 aromatic carbocycles. The van der Waals surface area contributed by atoms with Gasteiger partial charge in [-0.25, -0.2) is 4.68 Å². The molecule has 21 heavy (non-hydrogen) atoms. The van der Waals surface area contributed by atoms with E-state index in [1.165, 1.54) is 4.68 Å². The molecule has 106 valence electrons. The van der Waals surface area contributed by atoms with Crippen molar-refractivity contribution in [3.8, 4) is 0 Å². The highest BCUT2D eigenvalue weighted by atomic mass is 35.5. The molecule has 0 aliphatic rings. The summed E-state index contributed by atoms with van der Waals surface area (Å²) in [7, 11) is 1.64. The highest BCUT2D eigenvalue weighted by molar-refractivity contribution is 6.42. The first kappa shape index (κ1) is 14.1. The van der Waals surface area contributed by atoms with Crippen molar-refractivity contribution in [1.82, 2.24) is 9.78 Å². The van der Waals surface area contributed by atoms with Crippen molar-refractivity contribution in [2.75, 3.05) is 0 Å². The van der Waals surface area contributed by atoms with Crippen molar-refractivity contribution in [2.24, 2.45) is 7.05 Å². The zero-order chi connectivity index (χ0) is 15.0. The Hall–Kier alpha value is -1.84. The largest absolute Gasteiger partial charge is 0.274 e. The summed E-state index contributed by atoms with van der Waals surface area (Å²) in [6, 6.07) is 13.3. The summed E-state index contributed by atoms with van der Waals surface area (Å²) >= 11 is 12.1. The summed E-state index contributed by atoms with van der Waals surface area (Å²) in [5, 5.41) is 6.45. The molecule has 0 saturated heterocycles. The van der Waals surface area contributed by atoms with Crippen LogP contribution in [0.2, 0.25) is 10.0 Å². The standard InChI is InChI=1S/C16H12Cl2N2O/c1-20-16(21)12-9-14(18)13(17)8-11(12)15(19-20)7-10-5-3-2-4-6-10/h2-6,8-9H,7H2,1H3. The van der Waals surface area contributed by atoms with Gasteiger partial charge in [0.1, 0.15) is 0 Å². The summed E-state index contributed by atoms with van der Waals surface area (Å²) in [6.07, 6.45) is 0.628. The molecule has 0 amide bonds. The molecule has 0 bridgehead atoms. The second-order valence-electron chi connectivity index (χ2n) is 4.85. The minimum Gasteiger partial charge on any atom is -0.267 e. The van der Waals surface area contributed by atoms with E-state index in [0.29, 0.717) is 21.9 Å². The minimum absolute atomic E-state index is 0.180. The molecule has 0 unspecified atom stereocenters. The third-order valence-electron chi connectivity index (χ3n) is 3.38. The van der Waals surface area contributed by atoms with Crippen LogP contribution in [0.4, 0.5) is 0 Å². The monoisotopic (exact) mass is 318 g/mol. The molecule has 3 aromatic rings. The van der Waals surface area contributed by atoms with Gasteiger partial charge in [0.2, 0.25) is 0 Å². The molecule has 0 N–H and O–H groups in total. The molecule has 0 fully saturated rings. The Morgan fingerprint density at radius 3 is 2.33 bits per heavy atom. The molecule has 5 heteroatoms. The van der Waals surface area contributed by atoms with Crippen molar-refractivity contribution in [3.63, 3.8) is 0 Å². The van der Waals surface area contributed by atoms with Crippen LogP contribution in [0.1, 0.15) is 11.3 Å². The van der Waals surface area contributed by atoms with Gasteiger partial charge in [-0.05, 0) is 17.7 Å². The van der Waals surface area contributed by atoms with E-state index >= 15 is 0 Å². The van der Waals surface area contributed by atoms with Gasteiger partial charge in [0.25, 0.3) is 5.56 Å². The lowest BCUT2D eigenvalue weighted by atomic mass is 10.0. The molecular weight excluding hydrogens is 307 g/mol. The maximum atomic E-state index is 12.2. The van der Waals surface area contributed by atoms with Crippen LogP contribution in [-0.4, -0.2) is 9.78 Å². The van der Waals surface area contributed by atoms with Crippen molar-refractivity contribution in [2.45, 2.75) is 6.42 Å². The lowest BCUT2D eigenvalue weighted by molar-refractivity contribution is 0.697. The number of aromatic nitrogens is 2. The second-order valence-corrected chi connectivity index (χ2v) is 5.66.